The van der Waals surface area contributed by atoms with Gasteiger partial charge in [0.1, 0.15) is 18.6 Å². The van der Waals surface area contributed by atoms with Crippen molar-refractivity contribution < 1.29 is 14.3 Å². The van der Waals surface area contributed by atoms with Crippen LogP contribution in [0.4, 0.5) is 5.69 Å². The Hall–Kier alpha value is -3.74. The summed E-state index contributed by atoms with van der Waals surface area (Å²) < 4.78 is 5.59. The molecule has 0 saturated heterocycles. The minimum absolute atomic E-state index is 0.169. The first-order valence-electron chi connectivity index (χ1n) is 7.82. The summed E-state index contributed by atoms with van der Waals surface area (Å²) in [5, 5.41) is 2.69. The zero-order chi connectivity index (χ0) is 18.4. The van der Waals surface area contributed by atoms with E-state index in [2.05, 4.69) is 15.3 Å². The molecule has 1 aromatic heterocycles. The number of ether oxygens (including phenoxy) is 1. The number of nitrogens with two attached hydrogens (primary N) is 1. The number of aromatic nitrogens is 2. The first kappa shape index (κ1) is 17.1. The van der Waals surface area contributed by atoms with Crippen molar-refractivity contribution in [1.29, 1.82) is 0 Å². The Balaban J connectivity index is 1.65. The first-order valence-corrected chi connectivity index (χ1v) is 7.82. The van der Waals surface area contributed by atoms with Gasteiger partial charge in [-0.25, -0.2) is 9.97 Å². The minimum Gasteiger partial charge on any atom is -0.473 e. The van der Waals surface area contributed by atoms with E-state index in [4.69, 9.17) is 10.5 Å². The summed E-state index contributed by atoms with van der Waals surface area (Å²) in [6.07, 6.45) is 1.27. The van der Waals surface area contributed by atoms with E-state index in [0.29, 0.717) is 23.7 Å². The fourth-order valence-corrected chi connectivity index (χ4v) is 2.19. The number of carbonyl (C=O) groups excluding carboxylic acids is 2. The molecule has 1 heterocycles. The van der Waals surface area contributed by atoms with Gasteiger partial charge in [0.15, 0.2) is 0 Å². The molecule has 7 nitrogen and oxygen atoms in total. The Morgan fingerprint density at radius 1 is 1.00 bits per heavy atom. The number of nitrogens with zero attached hydrogens (tertiary/aromatic N) is 2. The summed E-state index contributed by atoms with van der Waals surface area (Å²) in [6, 6.07) is 17.3. The highest BCUT2D eigenvalue weighted by molar-refractivity contribution is 6.03. The van der Waals surface area contributed by atoms with Crippen LogP contribution in [0.1, 0.15) is 26.4 Å². The summed E-state index contributed by atoms with van der Waals surface area (Å²) in [4.78, 5) is 31.3. The van der Waals surface area contributed by atoms with Crippen LogP contribution in [0.15, 0.2) is 67.0 Å². The van der Waals surface area contributed by atoms with Crippen molar-refractivity contribution in [3.05, 3.63) is 83.8 Å². The van der Waals surface area contributed by atoms with Crippen molar-refractivity contribution in [3.8, 4) is 5.88 Å². The van der Waals surface area contributed by atoms with E-state index in [0.717, 1.165) is 5.56 Å². The zero-order valence-corrected chi connectivity index (χ0v) is 13.8. The second kappa shape index (κ2) is 7.89. The molecule has 3 N–H and O–H groups in total. The largest absolute Gasteiger partial charge is 0.473 e. The molecule has 2 amide bonds. The Kier molecular flexibility index (Phi) is 5.19. The van der Waals surface area contributed by atoms with Crippen LogP contribution in [0, 0.1) is 0 Å². The van der Waals surface area contributed by atoms with Gasteiger partial charge >= 0.3 is 0 Å². The molecule has 2 aromatic carbocycles. The molecule has 0 aliphatic heterocycles. The summed E-state index contributed by atoms with van der Waals surface area (Å²) in [5.41, 5.74) is 7.23. The molecular formula is C19H16N4O3. The molecule has 0 radical (unpaired) electrons. The van der Waals surface area contributed by atoms with E-state index in [1.54, 1.807) is 12.1 Å². The van der Waals surface area contributed by atoms with Gasteiger partial charge in [-0.05, 0) is 29.8 Å². The summed E-state index contributed by atoms with van der Waals surface area (Å²) in [5.74, 6) is -0.638. The van der Waals surface area contributed by atoms with Gasteiger partial charge in [-0.1, -0.05) is 30.3 Å². The number of primary amides is 1. The first-order chi connectivity index (χ1) is 12.6. The third-order valence-corrected chi connectivity index (χ3v) is 3.53. The van der Waals surface area contributed by atoms with Gasteiger partial charge < -0.3 is 15.8 Å². The average molecular weight is 348 g/mol. The normalized spacial score (nSPS) is 10.2. The maximum absolute atomic E-state index is 12.3. The molecule has 0 fully saturated rings. The highest BCUT2D eigenvalue weighted by atomic mass is 16.5. The van der Waals surface area contributed by atoms with Crippen LogP contribution in [-0.4, -0.2) is 21.8 Å². The maximum Gasteiger partial charge on any atom is 0.274 e. The third kappa shape index (κ3) is 4.41. The molecule has 0 unspecified atom stereocenters. The lowest BCUT2D eigenvalue weighted by Crippen LogP contribution is -2.15. The van der Waals surface area contributed by atoms with Crippen LogP contribution in [0.25, 0.3) is 0 Å². The molecule has 0 aliphatic rings. The number of carbonyl (C=O) groups is 2. The summed E-state index contributed by atoms with van der Waals surface area (Å²) in [6.45, 7) is 0.341. The van der Waals surface area contributed by atoms with E-state index in [9.17, 15) is 9.59 Å². The van der Waals surface area contributed by atoms with Gasteiger partial charge in [-0.15, -0.1) is 0 Å². The number of nitrogens with one attached hydrogen (secondary N) is 1. The molecule has 0 saturated carbocycles. The van der Waals surface area contributed by atoms with Gasteiger partial charge in [-0.2, -0.15) is 0 Å². The van der Waals surface area contributed by atoms with Crippen LogP contribution in [-0.2, 0) is 6.61 Å². The quantitative estimate of drug-likeness (QED) is 0.711. The molecule has 7 heteroatoms. The number of amides is 2. The highest BCUT2D eigenvalue weighted by Crippen LogP contribution is 2.13. The molecule has 0 spiro atoms. The predicted molar refractivity (Wildman–Crippen MR) is 95.7 cm³/mol. The number of rotatable bonds is 6. The lowest BCUT2D eigenvalue weighted by molar-refractivity contribution is 0.0997. The standard InChI is InChI=1S/C19H16N4O3/c20-18(24)14-6-8-15(9-7-14)23-19(25)16-10-17(22-12-21-16)26-11-13-4-2-1-3-5-13/h1-10,12H,11H2,(H2,20,24)(H,23,25). The second-order valence-electron chi connectivity index (χ2n) is 5.41. The lowest BCUT2D eigenvalue weighted by atomic mass is 10.2. The van der Waals surface area contributed by atoms with E-state index in [1.807, 2.05) is 30.3 Å². The van der Waals surface area contributed by atoms with E-state index in [1.165, 1.54) is 24.5 Å². The number of benzene rings is 2. The van der Waals surface area contributed by atoms with Crippen molar-refractivity contribution in [3.63, 3.8) is 0 Å². The molecule has 130 valence electrons. The lowest BCUT2D eigenvalue weighted by Gasteiger charge is -2.08. The van der Waals surface area contributed by atoms with Crippen LogP contribution >= 0.6 is 0 Å². The van der Waals surface area contributed by atoms with Gasteiger partial charge in [0.25, 0.3) is 5.91 Å². The Morgan fingerprint density at radius 3 is 2.42 bits per heavy atom. The molecule has 26 heavy (non-hydrogen) atoms. The van der Waals surface area contributed by atoms with Crippen LogP contribution in [0.3, 0.4) is 0 Å². The fraction of sp³-hybridized carbons (Fsp3) is 0.0526. The molecular weight excluding hydrogens is 332 g/mol. The molecule has 0 bridgehead atoms. The van der Waals surface area contributed by atoms with E-state index < -0.39 is 11.8 Å². The molecule has 3 rings (SSSR count). The molecule has 0 atom stereocenters. The Morgan fingerprint density at radius 2 is 1.73 bits per heavy atom. The van der Waals surface area contributed by atoms with Crippen molar-refractivity contribution in [2.24, 2.45) is 5.73 Å². The van der Waals surface area contributed by atoms with Crippen LogP contribution in [0.5, 0.6) is 5.88 Å². The topological polar surface area (TPSA) is 107 Å². The summed E-state index contributed by atoms with van der Waals surface area (Å²) >= 11 is 0. The molecule has 3 aromatic rings. The van der Waals surface area contributed by atoms with Crippen LogP contribution in [0.2, 0.25) is 0 Å². The predicted octanol–water partition coefficient (Wildman–Crippen LogP) is 2.41. The van der Waals surface area contributed by atoms with Gasteiger partial charge in [0.2, 0.25) is 11.8 Å². The smallest absolute Gasteiger partial charge is 0.274 e. The van der Waals surface area contributed by atoms with Crippen LogP contribution < -0.4 is 15.8 Å². The van der Waals surface area contributed by atoms with Crippen molar-refractivity contribution in [2.45, 2.75) is 6.61 Å². The number of hydrogen-bond donors (Lipinski definition) is 2. The van der Waals surface area contributed by atoms with Crippen molar-refractivity contribution in [1.82, 2.24) is 9.97 Å². The van der Waals surface area contributed by atoms with E-state index in [-0.39, 0.29) is 5.69 Å². The zero-order valence-electron chi connectivity index (χ0n) is 13.8. The van der Waals surface area contributed by atoms with E-state index >= 15 is 0 Å². The van der Waals surface area contributed by atoms with Crippen molar-refractivity contribution >= 4 is 17.5 Å². The number of hydrogen-bond acceptors (Lipinski definition) is 5. The monoisotopic (exact) mass is 348 g/mol. The average Bonchev–Trinajstić information content (AvgIpc) is 2.68. The van der Waals surface area contributed by atoms with Gasteiger partial charge in [0, 0.05) is 17.3 Å². The fourth-order valence-electron chi connectivity index (χ4n) is 2.19. The van der Waals surface area contributed by atoms with Crippen molar-refractivity contribution in [2.75, 3.05) is 5.32 Å². The third-order valence-electron chi connectivity index (χ3n) is 3.53. The SMILES string of the molecule is NC(=O)c1ccc(NC(=O)c2cc(OCc3ccccc3)ncn2)cc1. The maximum atomic E-state index is 12.3. The Labute approximate surface area is 149 Å². The molecule has 0 aliphatic carbocycles. The number of anilines is 1. The summed E-state index contributed by atoms with van der Waals surface area (Å²) in [7, 11) is 0. The highest BCUT2D eigenvalue weighted by Gasteiger charge is 2.10. The minimum atomic E-state index is -0.529. The second-order valence-corrected chi connectivity index (χ2v) is 5.41. The van der Waals surface area contributed by atoms with Gasteiger partial charge in [-0.3, -0.25) is 9.59 Å². The Bertz CT molecular complexity index is 912. The van der Waals surface area contributed by atoms with Gasteiger partial charge in [0.05, 0.1) is 0 Å².